The maximum absolute atomic E-state index is 12.6. The number of ether oxygens (including phenoxy) is 1. The molecular formula is C19H22N4O5. The Morgan fingerprint density at radius 3 is 2.50 bits per heavy atom. The molecule has 1 saturated heterocycles. The predicted octanol–water partition coefficient (Wildman–Crippen LogP) is 1.61. The number of nitrogens with zero attached hydrogens (tertiary/aromatic N) is 2. The number of aliphatic carboxylic acids is 1. The van der Waals surface area contributed by atoms with E-state index in [0.717, 1.165) is 18.5 Å². The normalized spacial score (nSPS) is 14.5. The minimum absolute atomic E-state index is 0.235. The molecule has 3 N–H and O–H groups in total. The summed E-state index contributed by atoms with van der Waals surface area (Å²) in [6, 6.07) is 6.45. The summed E-state index contributed by atoms with van der Waals surface area (Å²) in [6.45, 7) is 2.80. The van der Waals surface area contributed by atoms with Gasteiger partial charge in [0.2, 0.25) is 0 Å². The van der Waals surface area contributed by atoms with Crippen molar-refractivity contribution in [3.05, 3.63) is 47.3 Å². The second-order valence-electron chi connectivity index (χ2n) is 6.54. The lowest BCUT2D eigenvalue weighted by Gasteiger charge is -2.23. The molecule has 0 spiro atoms. The zero-order valence-electron chi connectivity index (χ0n) is 15.5. The fraction of sp³-hybridized carbons (Fsp3) is 0.368. The van der Waals surface area contributed by atoms with E-state index >= 15 is 0 Å². The summed E-state index contributed by atoms with van der Waals surface area (Å²) in [5.74, 6) is -1.89. The third-order valence-corrected chi connectivity index (χ3v) is 4.63. The Hall–Kier alpha value is -3.20. The van der Waals surface area contributed by atoms with Crippen LogP contribution in [-0.4, -0.2) is 52.4 Å². The fourth-order valence-electron chi connectivity index (χ4n) is 3.11. The molecule has 3 rings (SSSR count). The van der Waals surface area contributed by atoms with Gasteiger partial charge in [-0.05, 0) is 44.0 Å². The Labute approximate surface area is 161 Å². The first-order valence-electron chi connectivity index (χ1n) is 8.99. The SMILES string of the molecule is Cc1c(C(=O)Nc2ccc(C(=O)NCC(=O)O)cc2)cnn1C1CCOCC1. The summed E-state index contributed by atoms with van der Waals surface area (Å²) in [7, 11) is 0. The van der Waals surface area contributed by atoms with E-state index in [4.69, 9.17) is 9.84 Å². The molecule has 28 heavy (non-hydrogen) atoms. The lowest BCUT2D eigenvalue weighted by atomic mass is 10.1. The molecule has 0 saturated carbocycles. The van der Waals surface area contributed by atoms with E-state index in [1.165, 1.54) is 12.1 Å². The molecule has 1 aromatic heterocycles. The van der Waals surface area contributed by atoms with Gasteiger partial charge in [0.15, 0.2) is 0 Å². The number of hydrogen-bond acceptors (Lipinski definition) is 5. The Morgan fingerprint density at radius 1 is 1.18 bits per heavy atom. The van der Waals surface area contributed by atoms with Crippen LogP contribution in [0, 0.1) is 6.92 Å². The number of rotatable bonds is 6. The average molecular weight is 386 g/mol. The van der Waals surface area contributed by atoms with E-state index in [9.17, 15) is 14.4 Å². The first kappa shape index (κ1) is 19.6. The van der Waals surface area contributed by atoms with Gasteiger partial charge in [0.25, 0.3) is 11.8 Å². The monoisotopic (exact) mass is 386 g/mol. The van der Waals surface area contributed by atoms with Crippen LogP contribution in [0.2, 0.25) is 0 Å². The molecule has 0 unspecified atom stereocenters. The predicted molar refractivity (Wildman–Crippen MR) is 100 cm³/mol. The van der Waals surface area contributed by atoms with Crippen molar-refractivity contribution in [1.29, 1.82) is 0 Å². The second kappa shape index (κ2) is 8.66. The van der Waals surface area contributed by atoms with E-state index in [1.54, 1.807) is 18.3 Å². The summed E-state index contributed by atoms with van der Waals surface area (Å²) in [5, 5.41) is 18.0. The van der Waals surface area contributed by atoms with Crippen molar-refractivity contribution in [1.82, 2.24) is 15.1 Å². The smallest absolute Gasteiger partial charge is 0.322 e. The van der Waals surface area contributed by atoms with Gasteiger partial charge in [-0.1, -0.05) is 0 Å². The molecule has 2 aromatic rings. The highest BCUT2D eigenvalue weighted by Crippen LogP contribution is 2.23. The molecule has 2 heterocycles. The quantitative estimate of drug-likeness (QED) is 0.693. The van der Waals surface area contributed by atoms with Crippen LogP contribution >= 0.6 is 0 Å². The van der Waals surface area contributed by atoms with Crippen LogP contribution in [0.5, 0.6) is 0 Å². The van der Waals surface area contributed by atoms with Gasteiger partial charge in [0.05, 0.1) is 17.8 Å². The van der Waals surface area contributed by atoms with E-state index in [0.29, 0.717) is 30.0 Å². The fourth-order valence-corrected chi connectivity index (χ4v) is 3.11. The van der Waals surface area contributed by atoms with Crippen molar-refractivity contribution in [2.45, 2.75) is 25.8 Å². The van der Waals surface area contributed by atoms with Gasteiger partial charge in [-0.2, -0.15) is 5.10 Å². The topological polar surface area (TPSA) is 123 Å². The maximum atomic E-state index is 12.6. The molecule has 0 aliphatic carbocycles. The minimum Gasteiger partial charge on any atom is -0.480 e. The molecule has 148 valence electrons. The molecule has 9 heteroatoms. The molecule has 0 bridgehead atoms. The standard InChI is InChI=1S/C19H22N4O5/c1-12-16(10-21-23(12)15-6-8-28-9-7-15)19(27)22-14-4-2-13(3-5-14)18(26)20-11-17(24)25/h2-5,10,15H,6-9,11H2,1H3,(H,20,26)(H,22,27)(H,24,25). The zero-order chi connectivity index (χ0) is 20.1. The van der Waals surface area contributed by atoms with Gasteiger partial charge in [-0.25, -0.2) is 0 Å². The Balaban J connectivity index is 1.64. The summed E-state index contributed by atoms with van der Waals surface area (Å²) in [6.07, 6.45) is 3.30. The summed E-state index contributed by atoms with van der Waals surface area (Å²) >= 11 is 0. The molecule has 1 aromatic carbocycles. The zero-order valence-corrected chi connectivity index (χ0v) is 15.5. The molecule has 9 nitrogen and oxygen atoms in total. The van der Waals surface area contributed by atoms with E-state index < -0.39 is 18.4 Å². The highest BCUT2D eigenvalue weighted by Gasteiger charge is 2.22. The summed E-state index contributed by atoms with van der Waals surface area (Å²) in [5.41, 5.74) is 2.13. The molecule has 0 atom stereocenters. The summed E-state index contributed by atoms with van der Waals surface area (Å²) < 4.78 is 7.25. The molecule has 1 fully saturated rings. The number of anilines is 1. The lowest BCUT2D eigenvalue weighted by Crippen LogP contribution is -2.29. The van der Waals surface area contributed by atoms with Crippen LogP contribution in [0.3, 0.4) is 0 Å². The van der Waals surface area contributed by atoms with Crippen LogP contribution in [0.1, 0.15) is 45.3 Å². The van der Waals surface area contributed by atoms with E-state index in [2.05, 4.69) is 15.7 Å². The van der Waals surface area contributed by atoms with Gasteiger partial charge < -0.3 is 20.5 Å². The molecular weight excluding hydrogens is 364 g/mol. The number of benzene rings is 1. The number of amides is 2. The van der Waals surface area contributed by atoms with Crippen molar-refractivity contribution < 1.29 is 24.2 Å². The van der Waals surface area contributed by atoms with Crippen LogP contribution in [0.15, 0.2) is 30.5 Å². The minimum atomic E-state index is -1.12. The van der Waals surface area contributed by atoms with Crippen LogP contribution in [0.4, 0.5) is 5.69 Å². The lowest BCUT2D eigenvalue weighted by molar-refractivity contribution is -0.135. The van der Waals surface area contributed by atoms with Gasteiger partial charge in [0, 0.05) is 30.2 Å². The number of aromatic nitrogens is 2. The number of nitrogens with one attached hydrogen (secondary N) is 2. The Bertz CT molecular complexity index is 869. The van der Waals surface area contributed by atoms with Crippen LogP contribution in [0.25, 0.3) is 0 Å². The number of carbonyl (C=O) groups excluding carboxylic acids is 2. The van der Waals surface area contributed by atoms with Crippen LogP contribution < -0.4 is 10.6 Å². The van der Waals surface area contributed by atoms with Gasteiger partial charge in [-0.15, -0.1) is 0 Å². The highest BCUT2D eigenvalue weighted by molar-refractivity contribution is 6.05. The van der Waals surface area contributed by atoms with E-state index in [-0.39, 0.29) is 11.9 Å². The van der Waals surface area contributed by atoms with Crippen molar-refractivity contribution >= 4 is 23.5 Å². The van der Waals surface area contributed by atoms with Crippen LogP contribution in [-0.2, 0) is 9.53 Å². The third-order valence-electron chi connectivity index (χ3n) is 4.63. The Morgan fingerprint density at radius 2 is 1.86 bits per heavy atom. The van der Waals surface area contributed by atoms with Gasteiger partial charge in [0.1, 0.15) is 6.54 Å². The van der Waals surface area contributed by atoms with Gasteiger partial charge >= 0.3 is 5.97 Å². The Kier molecular flexibility index (Phi) is 6.05. The molecule has 1 aliphatic heterocycles. The largest absolute Gasteiger partial charge is 0.480 e. The number of carboxylic acid groups (broad SMARTS) is 1. The molecule has 2 amide bonds. The first-order chi connectivity index (χ1) is 13.5. The number of carbonyl (C=O) groups is 3. The highest BCUT2D eigenvalue weighted by atomic mass is 16.5. The average Bonchev–Trinajstić information content (AvgIpc) is 3.09. The van der Waals surface area contributed by atoms with Crippen molar-refractivity contribution in [2.24, 2.45) is 0 Å². The number of hydrogen-bond donors (Lipinski definition) is 3. The molecule has 0 radical (unpaired) electrons. The number of carboxylic acids is 1. The van der Waals surface area contributed by atoms with Gasteiger partial charge in [-0.3, -0.25) is 19.1 Å². The van der Waals surface area contributed by atoms with Crippen molar-refractivity contribution in [2.75, 3.05) is 25.1 Å². The van der Waals surface area contributed by atoms with Crippen molar-refractivity contribution in [3.8, 4) is 0 Å². The third kappa shape index (κ3) is 4.55. The van der Waals surface area contributed by atoms with Crippen molar-refractivity contribution in [3.63, 3.8) is 0 Å². The first-order valence-corrected chi connectivity index (χ1v) is 8.99. The summed E-state index contributed by atoms with van der Waals surface area (Å²) in [4.78, 5) is 34.9. The maximum Gasteiger partial charge on any atom is 0.322 e. The second-order valence-corrected chi connectivity index (χ2v) is 6.54. The molecule has 1 aliphatic rings. The van der Waals surface area contributed by atoms with E-state index in [1.807, 2.05) is 11.6 Å².